The van der Waals surface area contributed by atoms with Gasteiger partial charge in [0, 0.05) is 19.1 Å². The van der Waals surface area contributed by atoms with Gasteiger partial charge in [0.1, 0.15) is 12.0 Å². The van der Waals surface area contributed by atoms with Crippen molar-refractivity contribution in [2.45, 2.75) is 77.6 Å². The SMILES string of the molecule is CCC1CC1CCC(C(C)=O)N1[C@@H](O)C(NC)CCCN1CC. The fraction of sp³-hybridized carbons (Fsp3) is 0.944. The fourth-order valence-electron chi connectivity index (χ4n) is 4.16. The van der Waals surface area contributed by atoms with Gasteiger partial charge in [-0.25, -0.2) is 10.0 Å². The summed E-state index contributed by atoms with van der Waals surface area (Å²) in [7, 11) is 1.90. The number of rotatable bonds is 8. The third kappa shape index (κ3) is 4.53. The second kappa shape index (κ2) is 8.56. The van der Waals surface area contributed by atoms with Crippen LogP contribution in [-0.4, -0.2) is 59.4 Å². The van der Waals surface area contributed by atoms with Gasteiger partial charge in [0.25, 0.3) is 0 Å². The summed E-state index contributed by atoms with van der Waals surface area (Å²) in [4.78, 5) is 12.3. The number of carbonyl (C=O) groups excluding carboxylic acids is 1. The second-order valence-corrected chi connectivity index (χ2v) is 7.25. The molecule has 1 saturated carbocycles. The van der Waals surface area contributed by atoms with Crippen LogP contribution in [-0.2, 0) is 4.79 Å². The first-order chi connectivity index (χ1) is 11.0. The second-order valence-electron chi connectivity index (χ2n) is 7.25. The van der Waals surface area contributed by atoms with Crippen molar-refractivity contribution in [3.05, 3.63) is 0 Å². The third-order valence-corrected chi connectivity index (χ3v) is 5.82. The van der Waals surface area contributed by atoms with Gasteiger partial charge >= 0.3 is 0 Å². The molecule has 5 atom stereocenters. The average Bonchev–Trinajstić information content (AvgIpc) is 3.31. The van der Waals surface area contributed by atoms with E-state index >= 15 is 0 Å². The van der Waals surface area contributed by atoms with Gasteiger partial charge in [-0.1, -0.05) is 20.3 Å². The molecule has 1 heterocycles. The molecule has 1 saturated heterocycles. The Kier molecular flexibility index (Phi) is 7.01. The van der Waals surface area contributed by atoms with Crippen LogP contribution >= 0.6 is 0 Å². The van der Waals surface area contributed by atoms with Gasteiger partial charge in [-0.05, 0) is 57.9 Å². The summed E-state index contributed by atoms with van der Waals surface area (Å²) in [5.41, 5.74) is 0. The van der Waals surface area contributed by atoms with Gasteiger partial charge in [0.05, 0.1) is 6.04 Å². The maximum atomic E-state index is 12.3. The number of Topliss-reactive ketones (excluding diaryl/α,β-unsaturated/α-hetero) is 1. The number of hydrazine groups is 1. The largest absolute Gasteiger partial charge is 0.375 e. The molecule has 2 N–H and O–H groups in total. The highest BCUT2D eigenvalue weighted by Gasteiger charge is 2.40. The van der Waals surface area contributed by atoms with E-state index in [-0.39, 0.29) is 17.9 Å². The Morgan fingerprint density at radius 1 is 1.35 bits per heavy atom. The summed E-state index contributed by atoms with van der Waals surface area (Å²) in [5.74, 6) is 1.83. The van der Waals surface area contributed by atoms with Crippen LogP contribution in [0.4, 0.5) is 0 Å². The van der Waals surface area contributed by atoms with Crippen LogP contribution in [0.15, 0.2) is 0 Å². The number of likely N-dealkylation sites (N-methyl/N-ethyl adjacent to an activating group) is 1. The quantitative estimate of drug-likeness (QED) is 0.715. The van der Waals surface area contributed by atoms with E-state index < -0.39 is 6.23 Å². The molecule has 23 heavy (non-hydrogen) atoms. The smallest absolute Gasteiger partial charge is 0.148 e. The zero-order valence-corrected chi connectivity index (χ0v) is 15.3. The van der Waals surface area contributed by atoms with E-state index in [1.165, 1.54) is 12.8 Å². The number of hydrogen-bond acceptors (Lipinski definition) is 5. The van der Waals surface area contributed by atoms with E-state index in [0.717, 1.165) is 50.6 Å². The van der Waals surface area contributed by atoms with Crippen LogP contribution in [0.3, 0.4) is 0 Å². The molecule has 0 aromatic heterocycles. The maximum Gasteiger partial charge on any atom is 0.148 e. The number of carbonyl (C=O) groups is 1. The Hall–Kier alpha value is -0.490. The van der Waals surface area contributed by atoms with Gasteiger partial charge in [-0.3, -0.25) is 4.79 Å². The third-order valence-electron chi connectivity index (χ3n) is 5.82. The lowest BCUT2D eigenvalue weighted by Gasteiger charge is -2.42. The highest BCUT2D eigenvalue weighted by atomic mass is 16.3. The number of hydrogen-bond donors (Lipinski definition) is 2. The normalized spacial score (nSPS) is 34.1. The van der Waals surface area contributed by atoms with E-state index in [9.17, 15) is 9.90 Å². The summed E-state index contributed by atoms with van der Waals surface area (Å²) in [6.07, 6.45) is 5.89. The van der Waals surface area contributed by atoms with Gasteiger partial charge in [0.2, 0.25) is 0 Å². The van der Waals surface area contributed by atoms with Crippen LogP contribution in [0.5, 0.6) is 0 Å². The number of aliphatic hydroxyl groups excluding tert-OH is 1. The zero-order chi connectivity index (χ0) is 17.0. The van der Waals surface area contributed by atoms with Crippen molar-refractivity contribution in [1.82, 2.24) is 15.3 Å². The summed E-state index contributed by atoms with van der Waals surface area (Å²) < 4.78 is 0. The molecule has 4 unspecified atom stereocenters. The molecule has 0 spiro atoms. The molecular formula is C18H35N3O2. The molecule has 0 aromatic rings. The van der Waals surface area contributed by atoms with Crippen molar-refractivity contribution >= 4 is 5.78 Å². The number of nitrogens with one attached hydrogen (secondary N) is 1. The van der Waals surface area contributed by atoms with E-state index in [1.54, 1.807) is 6.92 Å². The Labute approximate surface area is 141 Å². The van der Waals surface area contributed by atoms with Gasteiger partial charge in [-0.2, -0.15) is 0 Å². The van der Waals surface area contributed by atoms with Crippen molar-refractivity contribution in [2.24, 2.45) is 11.8 Å². The summed E-state index contributed by atoms with van der Waals surface area (Å²) in [6, 6.07) is -0.172. The molecule has 134 valence electrons. The highest BCUT2D eigenvalue weighted by molar-refractivity contribution is 5.81. The molecule has 1 aliphatic heterocycles. The van der Waals surface area contributed by atoms with Crippen LogP contribution in [0.2, 0.25) is 0 Å². The van der Waals surface area contributed by atoms with E-state index in [4.69, 9.17) is 0 Å². The Morgan fingerprint density at radius 3 is 2.61 bits per heavy atom. The summed E-state index contributed by atoms with van der Waals surface area (Å²) >= 11 is 0. The molecule has 0 amide bonds. The maximum absolute atomic E-state index is 12.3. The molecule has 2 rings (SSSR count). The van der Waals surface area contributed by atoms with Gasteiger partial charge < -0.3 is 10.4 Å². The van der Waals surface area contributed by atoms with Crippen molar-refractivity contribution in [3.63, 3.8) is 0 Å². The van der Waals surface area contributed by atoms with Crippen molar-refractivity contribution in [1.29, 1.82) is 0 Å². The number of ketones is 1. The van der Waals surface area contributed by atoms with Gasteiger partial charge in [0.15, 0.2) is 0 Å². The molecule has 5 nitrogen and oxygen atoms in total. The lowest BCUT2D eigenvalue weighted by atomic mass is 10.0. The van der Waals surface area contributed by atoms with Gasteiger partial charge in [-0.15, -0.1) is 0 Å². The molecule has 0 aromatic carbocycles. The molecule has 0 bridgehead atoms. The Balaban J connectivity index is 2.09. The summed E-state index contributed by atoms with van der Waals surface area (Å²) in [5, 5.41) is 18.3. The van der Waals surface area contributed by atoms with Crippen LogP contribution in [0.25, 0.3) is 0 Å². The molecule has 1 aliphatic carbocycles. The van der Waals surface area contributed by atoms with Crippen molar-refractivity contribution < 1.29 is 9.90 Å². The fourth-order valence-corrected chi connectivity index (χ4v) is 4.16. The lowest BCUT2D eigenvalue weighted by molar-refractivity contribution is -0.174. The first kappa shape index (κ1) is 18.8. The first-order valence-corrected chi connectivity index (χ1v) is 9.42. The summed E-state index contributed by atoms with van der Waals surface area (Å²) in [6.45, 7) is 7.77. The predicted octanol–water partition coefficient (Wildman–Crippen LogP) is 2.01. The monoisotopic (exact) mass is 325 g/mol. The Bertz CT molecular complexity index is 390. The lowest BCUT2D eigenvalue weighted by Crippen LogP contribution is -2.60. The minimum atomic E-state index is -0.627. The van der Waals surface area contributed by atoms with E-state index in [0.29, 0.717) is 0 Å². The van der Waals surface area contributed by atoms with Crippen LogP contribution in [0, 0.1) is 11.8 Å². The molecule has 2 fully saturated rings. The predicted molar refractivity (Wildman–Crippen MR) is 92.8 cm³/mol. The number of aliphatic hydroxyl groups is 1. The zero-order valence-electron chi connectivity index (χ0n) is 15.3. The van der Waals surface area contributed by atoms with Crippen molar-refractivity contribution in [2.75, 3.05) is 20.1 Å². The topological polar surface area (TPSA) is 55.8 Å². The van der Waals surface area contributed by atoms with Crippen molar-refractivity contribution in [3.8, 4) is 0 Å². The van der Waals surface area contributed by atoms with E-state index in [2.05, 4.69) is 24.2 Å². The van der Waals surface area contributed by atoms with Crippen LogP contribution in [0.1, 0.15) is 59.3 Å². The molecule has 5 heteroatoms. The Morgan fingerprint density at radius 2 is 2.09 bits per heavy atom. The standard InChI is InChI=1S/C18H35N3O2/c1-5-14-12-15(14)9-10-17(13(3)22)21-18(23)16(19-4)8-7-11-20(21)6-2/h14-19,23H,5-12H2,1-4H3/t14?,15?,16?,17?,18-/m0/s1. The average molecular weight is 325 g/mol. The molecular weight excluding hydrogens is 290 g/mol. The molecule has 2 aliphatic rings. The first-order valence-electron chi connectivity index (χ1n) is 9.42. The number of nitrogens with zero attached hydrogens (tertiary/aromatic N) is 2. The highest BCUT2D eigenvalue weighted by Crippen LogP contribution is 2.44. The van der Waals surface area contributed by atoms with E-state index in [1.807, 2.05) is 12.1 Å². The minimum Gasteiger partial charge on any atom is -0.375 e. The van der Waals surface area contributed by atoms with Crippen LogP contribution < -0.4 is 5.32 Å². The minimum absolute atomic E-state index is 0.0257. The molecule has 0 radical (unpaired) electrons.